The van der Waals surface area contributed by atoms with Gasteiger partial charge >= 0.3 is 0 Å². The molecule has 3 heteroatoms. The number of aryl methyl sites for hydroxylation is 1. The molecule has 0 bridgehead atoms. The maximum atomic E-state index is 6.27. The summed E-state index contributed by atoms with van der Waals surface area (Å²) in [4.78, 5) is 0. The van der Waals surface area contributed by atoms with E-state index in [-0.39, 0.29) is 6.04 Å². The van der Waals surface area contributed by atoms with Crippen LogP contribution in [0.25, 0.3) is 0 Å². The van der Waals surface area contributed by atoms with Gasteiger partial charge in [0.15, 0.2) is 0 Å². The molecular formula is C17H20ClNO. The van der Waals surface area contributed by atoms with E-state index in [4.69, 9.17) is 22.1 Å². The second-order valence-electron chi connectivity index (χ2n) is 5.08. The molecule has 0 radical (unpaired) electrons. The minimum atomic E-state index is 0.0191. The van der Waals surface area contributed by atoms with E-state index in [1.165, 1.54) is 5.56 Å². The maximum absolute atomic E-state index is 6.27. The maximum Gasteiger partial charge on any atom is 0.122 e. The Labute approximate surface area is 125 Å². The molecule has 0 aliphatic rings. The molecule has 0 aliphatic carbocycles. The van der Waals surface area contributed by atoms with Crippen molar-refractivity contribution in [3.05, 3.63) is 64.2 Å². The summed E-state index contributed by atoms with van der Waals surface area (Å²) in [7, 11) is 1.69. The van der Waals surface area contributed by atoms with Crippen molar-refractivity contribution in [3.8, 4) is 5.75 Å². The van der Waals surface area contributed by atoms with E-state index < -0.39 is 0 Å². The first kappa shape index (κ1) is 14.9. The largest absolute Gasteiger partial charge is 0.496 e. The average molecular weight is 290 g/mol. The van der Waals surface area contributed by atoms with Crippen LogP contribution < -0.4 is 10.5 Å². The van der Waals surface area contributed by atoms with Gasteiger partial charge in [0, 0.05) is 11.1 Å². The minimum Gasteiger partial charge on any atom is -0.496 e. The Morgan fingerprint density at radius 2 is 1.80 bits per heavy atom. The topological polar surface area (TPSA) is 35.2 Å². The highest BCUT2D eigenvalue weighted by Gasteiger charge is 2.11. The van der Waals surface area contributed by atoms with Crippen LogP contribution in [0.3, 0.4) is 0 Å². The summed E-state index contributed by atoms with van der Waals surface area (Å²) in [5.41, 5.74) is 9.72. The number of benzene rings is 2. The average Bonchev–Trinajstić information content (AvgIpc) is 2.41. The molecule has 0 aromatic heterocycles. The number of rotatable bonds is 5. The summed E-state index contributed by atoms with van der Waals surface area (Å²) >= 11 is 6.17. The molecule has 2 rings (SSSR count). The first-order chi connectivity index (χ1) is 9.60. The number of ether oxygens (including phenoxy) is 1. The lowest BCUT2D eigenvalue weighted by atomic mass is 9.98. The molecular weight excluding hydrogens is 270 g/mol. The van der Waals surface area contributed by atoms with Gasteiger partial charge in [0.2, 0.25) is 0 Å². The van der Waals surface area contributed by atoms with Gasteiger partial charge in [-0.05, 0) is 43.0 Å². The van der Waals surface area contributed by atoms with E-state index in [1.807, 2.05) is 36.4 Å². The van der Waals surface area contributed by atoms with E-state index in [2.05, 4.69) is 13.0 Å². The SMILES string of the molecule is COc1ccc(C)cc1CC(N)Cc1ccccc1Cl. The minimum absolute atomic E-state index is 0.0191. The van der Waals surface area contributed by atoms with E-state index >= 15 is 0 Å². The molecule has 2 aromatic carbocycles. The second kappa shape index (κ2) is 6.78. The van der Waals surface area contributed by atoms with Gasteiger partial charge in [0.25, 0.3) is 0 Å². The first-order valence-electron chi connectivity index (χ1n) is 6.72. The van der Waals surface area contributed by atoms with Crippen LogP contribution in [-0.2, 0) is 12.8 Å². The zero-order valence-electron chi connectivity index (χ0n) is 11.9. The zero-order valence-corrected chi connectivity index (χ0v) is 12.7. The summed E-state index contributed by atoms with van der Waals surface area (Å²) in [6, 6.07) is 14.0. The van der Waals surface area contributed by atoms with E-state index in [9.17, 15) is 0 Å². The van der Waals surface area contributed by atoms with Crippen molar-refractivity contribution in [3.63, 3.8) is 0 Å². The smallest absolute Gasteiger partial charge is 0.122 e. The van der Waals surface area contributed by atoms with Gasteiger partial charge in [-0.1, -0.05) is 47.5 Å². The van der Waals surface area contributed by atoms with Crippen molar-refractivity contribution in [2.75, 3.05) is 7.11 Å². The highest BCUT2D eigenvalue weighted by Crippen LogP contribution is 2.23. The number of hydrogen-bond donors (Lipinski definition) is 1. The lowest BCUT2D eigenvalue weighted by molar-refractivity contribution is 0.407. The van der Waals surface area contributed by atoms with Crippen molar-refractivity contribution in [1.29, 1.82) is 0 Å². The van der Waals surface area contributed by atoms with Gasteiger partial charge in [-0.2, -0.15) is 0 Å². The summed E-state index contributed by atoms with van der Waals surface area (Å²) < 4.78 is 5.39. The molecule has 0 fully saturated rings. The van der Waals surface area contributed by atoms with Crippen molar-refractivity contribution in [2.45, 2.75) is 25.8 Å². The summed E-state index contributed by atoms with van der Waals surface area (Å²) in [6.07, 6.45) is 1.53. The van der Waals surface area contributed by atoms with Crippen molar-refractivity contribution in [1.82, 2.24) is 0 Å². The van der Waals surface area contributed by atoms with Crippen LogP contribution in [0.5, 0.6) is 5.75 Å². The van der Waals surface area contributed by atoms with Crippen LogP contribution in [0.2, 0.25) is 5.02 Å². The number of halogens is 1. The summed E-state index contributed by atoms with van der Waals surface area (Å²) in [5, 5.41) is 0.777. The van der Waals surface area contributed by atoms with Crippen molar-refractivity contribution >= 4 is 11.6 Å². The molecule has 20 heavy (non-hydrogen) atoms. The Morgan fingerprint density at radius 3 is 2.50 bits per heavy atom. The van der Waals surface area contributed by atoms with Gasteiger partial charge in [0.1, 0.15) is 5.75 Å². The molecule has 1 atom stereocenters. The highest BCUT2D eigenvalue weighted by molar-refractivity contribution is 6.31. The Morgan fingerprint density at radius 1 is 1.10 bits per heavy atom. The van der Waals surface area contributed by atoms with Gasteiger partial charge in [-0.25, -0.2) is 0 Å². The fourth-order valence-electron chi connectivity index (χ4n) is 2.37. The van der Waals surface area contributed by atoms with Crippen LogP contribution in [0.15, 0.2) is 42.5 Å². The Balaban J connectivity index is 2.10. The van der Waals surface area contributed by atoms with Gasteiger partial charge in [-0.3, -0.25) is 0 Å². The van der Waals surface area contributed by atoms with Crippen LogP contribution in [0.4, 0.5) is 0 Å². The normalized spacial score (nSPS) is 12.2. The third-order valence-electron chi connectivity index (χ3n) is 3.36. The van der Waals surface area contributed by atoms with Crippen molar-refractivity contribution in [2.24, 2.45) is 5.73 Å². The number of nitrogens with two attached hydrogens (primary N) is 1. The van der Waals surface area contributed by atoms with Gasteiger partial charge in [0.05, 0.1) is 7.11 Å². The molecule has 0 saturated carbocycles. The second-order valence-corrected chi connectivity index (χ2v) is 5.48. The van der Waals surface area contributed by atoms with Crippen LogP contribution in [0.1, 0.15) is 16.7 Å². The molecule has 2 nitrogen and oxygen atoms in total. The first-order valence-corrected chi connectivity index (χ1v) is 7.10. The van der Waals surface area contributed by atoms with E-state index in [1.54, 1.807) is 7.11 Å². The number of hydrogen-bond acceptors (Lipinski definition) is 2. The molecule has 0 spiro atoms. The highest BCUT2D eigenvalue weighted by atomic mass is 35.5. The third kappa shape index (κ3) is 3.75. The molecule has 2 aromatic rings. The molecule has 0 heterocycles. The fourth-order valence-corrected chi connectivity index (χ4v) is 2.58. The number of methoxy groups -OCH3 is 1. The standard InChI is InChI=1S/C17H20ClNO/c1-12-7-8-17(20-2)14(9-12)11-15(19)10-13-5-3-4-6-16(13)18/h3-9,15H,10-11,19H2,1-2H3. The van der Waals surface area contributed by atoms with Gasteiger partial charge in [-0.15, -0.1) is 0 Å². The fraction of sp³-hybridized carbons (Fsp3) is 0.294. The van der Waals surface area contributed by atoms with E-state index in [0.29, 0.717) is 0 Å². The quantitative estimate of drug-likeness (QED) is 0.909. The molecule has 106 valence electrons. The lowest BCUT2D eigenvalue weighted by Crippen LogP contribution is -2.26. The Hall–Kier alpha value is -1.51. The predicted molar refractivity (Wildman–Crippen MR) is 84.6 cm³/mol. The van der Waals surface area contributed by atoms with Crippen LogP contribution in [-0.4, -0.2) is 13.2 Å². The van der Waals surface area contributed by atoms with Crippen LogP contribution in [0, 0.1) is 6.92 Å². The molecule has 1 unspecified atom stereocenters. The summed E-state index contributed by atoms with van der Waals surface area (Å²) in [5.74, 6) is 0.894. The summed E-state index contributed by atoms with van der Waals surface area (Å²) in [6.45, 7) is 2.07. The van der Waals surface area contributed by atoms with E-state index in [0.717, 1.165) is 34.7 Å². The molecule has 2 N–H and O–H groups in total. The molecule has 0 aliphatic heterocycles. The monoisotopic (exact) mass is 289 g/mol. The molecule has 0 saturated heterocycles. The zero-order chi connectivity index (χ0) is 14.5. The van der Waals surface area contributed by atoms with Crippen molar-refractivity contribution < 1.29 is 4.74 Å². The lowest BCUT2D eigenvalue weighted by Gasteiger charge is -2.15. The Bertz CT molecular complexity index is 583. The van der Waals surface area contributed by atoms with Crippen LogP contribution >= 0.6 is 11.6 Å². The Kier molecular flexibility index (Phi) is 5.05. The third-order valence-corrected chi connectivity index (χ3v) is 3.73. The predicted octanol–water partition coefficient (Wildman–Crippen LogP) is 3.77. The molecule has 0 amide bonds. The van der Waals surface area contributed by atoms with Gasteiger partial charge < -0.3 is 10.5 Å².